The first kappa shape index (κ1) is 10.6. The fourth-order valence-electron chi connectivity index (χ4n) is 1.54. The van der Waals surface area contributed by atoms with Gasteiger partial charge in [-0.15, -0.1) is 11.3 Å². The smallest absolute Gasteiger partial charge is 0.0954 e. The van der Waals surface area contributed by atoms with Crippen molar-refractivity contribution in [2.75, 3.05) is 0 Å². The molecule has 1 heterocycles. The van der Waals surface area contributed by atoms with E-state index in [1.807, 2.05) is 0 Å². The summed E-state index contributed by atoms with van der Waals surface area (Å²) in [5.74, 6) is 0. The molecule has 0 radical (unpaired) electrons. The molecule has 0 amide bonds. The molecule has 2 rings (SSSR count). The molecule has 1 atom stereocenters. The molecule has 1 aromatic carbocycles. The third-order valence-electron chi connectivity index (χ3n) is 2.55. The Hall–Kier alpha value is -0.930. The summed E-state index contributed by atoms with van der Waals surface area (Å²) in [5, 5.41) is 1.16. The maximum Gasteiger partial charge on any atom is 0.0954 e. The first-order valence-electron chi connectivity index (χ1n) is 5.30. The first-order valence-corrected chi connectivity index (χ1v) is 6.12. The zero-order valence-corrected chi connectivity index (χ0v) is 9.97. The SMILES string of the molecule is CCC(N)Cc1nc2ccc(C)cc2s1. The Morgan fingerprint density at radius 2 is 2.27 bits per heavy atom. The number of rotatable bonds is 3. The summed E-state index contributed by atoms with van der Waals surface area (Å²) < 4.78 is 1.27. The molecule has 3 heteroatoms. The molecule has 2 aromatic rings. The predicted molar refractivity (Wildman–Crippen MR) is 66.3 cm³/mol. The van der Waals surface area contributed by atoms with Crippen LogP contribution >= 0.6 is 11.3 Å². The van der Waals surface area contributed by atoms with E-state index in [9.17, 15) is 0 Å². The topological polar surface area (TPSA) is 38.9 Å². The number of thiazole rings is 1. The van der Waals surface area contributed by atoms with Gasteiger partial charge in [-0.1, -0.05) is 13.0 Å². The highest BCUT2D eigenvalue weighted by molar-refractivity contribution is 7.18. The van der Waals surface area contributed by atoms with Crippen molar-refractivity contribution >= 4 is 21.6 Å². The fraction of sp³-hybridized carbons (Fsp3) is 0.417. The van der Waals surface area contributed by atoms with Crippen LogP contribution < -0.4 is 5.73 Å². The molecule has 15 heavy (non-hydrogen) atoms. The molecular weight excluding hydrogens is 204 g/mol. The number of aryl methyl sites for hydroxylation is 1. The minimum absolute atomic E-state index is 0.242. The zero-order valence-electron chi connectivity index (χ0n) is 9.16. The molecule has 0 spiro atoms. The van der Waals surface area contributed by atoms with Crippen molar-refractivity contribution < 1.29 is 0 Å². The monoisotopic (exact) mass is 220 g/mol. The molecule has 80 valence electrons. The molecule has 0 aliphatic heterocycles. The van der Waals surface area contributed by atoms with E-state index in [1.165, 1.54) is 10.3 Å². The van der Waals surface area contributed by atoms with E-state index in [-0.39, 0.29) is 6.04 Å². The molecule has 0 aliphatic rings. The van der Waals surface area contributed by atoms with Crippen LogP contribution in [0.1, 0.15) is 23.9 Å². The molecule has 0 bridgehead atoms. The molecule has 1 aromatic heterocycles. The van der Waals surface area contributed by atoms with Crippen molar-refractivity contribution in [2.24, 2.45) is 5.73 Å². The van der Waals surface area contributed by atoms with Crippen molar-refractivity contribution in [1.29, 1.82) is 0 Å². The van der Waals surface area contributed by atoms with E-state index >= 15 is 0 Å². The summed E-state index contributed by atoms with van der Waals surface area (Å²) in [5.41, 5.74) is 8.31. The highest BCUT2D eigenvalue weighted by Crippen LogP contribution is 2.23. The number of nitrogens with zero attached hydrogens (tertiary/aromatic N) is 1. The Bertz CT molecular complexity index is 462. The summed E-state index contributed by atoms with van der Waals surface area (Å²) in [6.07, 6.45) is 1.91. The summed E-state index contributed by atoms with van der Waals surface area (Å²) in [7, 11) is 0. The molecule has 2 nitrogen and oxygen atoms in total. The van der Waals surface area contributed by atoms with Crippen LogP contribution in [0.2, 0.25) is 0 Å². The van der Waals surface area contributed by atoms with E-state index in [4.69, 9.17) is 5.73 Å². The predicted octanol–water partition coefficient (Wildman–Crippen LogP) is 2.88. The highest BCUT2D eigenvalue weighted by Gasteiger charge is 2.07. The van der Waals surface area contributed by atoms with Gasteiger partial charge in [-0.05, 0) is 31.0 Å². The third-order valence-corrected chi connectivity index (χ3v) is 3.59. The molecule has 0 saturated heterocycles. The molecule has 2 N–H and O–H groups in total. The van der Waals surface area contributed by atoms with Gasteiger partial charge in [0, 0.05) is 12.5 Å². The Labute approximate surface area is 94.1 Å². The highest BCUT2D eigenvalue weighted by atomic mass is 32.1. The summed E-state index contributed by atoms with van der Waals surface area (Å²) in [6.45, 7) is 4.22. The number of hydrogen-bond donors (Lipinski definition) is 1. The van der Waals surface area contributed by atoms with Gasteiger partial charge >= 0.3 is 0 Å². The Kier molecular flexibility index (Phi) is 3.03. The number of benzene rings is 1. The lowest BCUT2D eigenvalue weighted by atomic mass is 10.2. The minimum Gasteiger partial charge on any atom is -0.327 e. The van der Waals surface area contributed by atoms with Crippen LogP contribution in [0.3, 0.4) is 0 Å². The summed E-state index contributed by atoms with van der Waals surface area (Å²) >= 11 is 1.76. The maximum absolute atomic E-state index is 5.92. The second-order valence-corrected chi connectivity index (χ2v) is 5.07. The standard InChI is InChI=1S/C12H16N2S/c1-3-9(13)7-12-14-10-5-4-8(2)6-11(10)15-12/h4-6,9H,3,7,13H2,1-2H3. The number of nitrogens with two attached hydrogens (primary N) is 1. The average Bonchev–Trinajstić information content (AvgIpc) is 2.59. The molecule has 1 unspecified atom stereocenters. The van der Waals surface area contributed by atoms with Gasteiger partial charge in [0.25, 0.3) is 0 Å². The summed E-state index contributed by atoms with van der Waals surface area (Å²) in [4.78, 5) is 4.58. The van der Waals surface area contributed by atoms with Gasteiger partial charge in [0.1, 0.15) is 0 Å². The van der Waals surface area contributed by atoms with E-state index in [0.717, 1.165) is 23.4 Å². The lowest BCUT2D eigenvalue weighted by Gasteiger charge is -2.03. The largest absolute Gasteiger partial charge is 0.327 e. The van der Waals surface area contributed by atoms with E-state index < -0.39 is 0 Å². The van der Waals surface area contributed by atoms with Crippen LogP contribution in [0.5, 0.6) is 0 Å². The minimum atomic E-state index is 0.242. The maximum atomic E-state index is 5.92. The first-order chi connectivity index (χ1) is 7.19. The summed E-state index contributed by atoms with van der Waals surface area (Å²) in [6, 6.07) is 6.62. The molecular formula is C12H16N2S. The van der Waals surface area contributed by atoms with Crippen molar-refractivity contribution in [3.05, 3.63) is 28.8 Å². The zero-order chi connectivity index (χ0) is 10.8. The molecule has 0 aliphatic carbocycles. The Morgan fingerprint density at radius 3 is 3.00 bits per heavy atom. The van der Waals surface area contributed by atoms with Crippen LogP contribution in [0.15, 0.2) is 18.2 Å². The van der Waals surface area contributed by atoms with Crippen LogP contribution in [-0.4, -0.2) is 11.0 Å². The van der Waals surface area contributed by atoms with Crippen LogP contribution in [0.25, 0.3) is 10.2 Å². The van der Waals surface area contributed by atoms with Crippen LogP contribution in [0, 0.1) is 6.92 Å². The lowest BCUT2D eigenvalue weighted by Crippen LogP contribution is -2.21. The van der Waals surface area contributed by atoms with E-state index in [0.29, 0.717) is 0 Å². The van der Waals surface area contributed by atoms with Crippen LogP contribution in [0.4, 0.5) is 0 Å². The number of fused-ring (bicyclic) bond motifs is 1. The second kappa shape index (κ2) is 4.29. The average molecular weight is 220 g/mol. The molecule has 0 fully saturated rings. The van der Waals surface area contributed by atoms with Crippen molar-refractivity contribution in [1.82, 2.24) is 4.98 Å². The van der Waals surface area contributed by atoms with E-state index in [2.05, 4.69) is 37.0 Å². The second-order valence-electron chi connectivity index (χ2n) is 3.95. The lowest BCUT2D eigenvalue weighted by molar-refractivity contribution is 0.645. The van der Waals surface area contributed by atoms with E-state index in [1.54, 1.807) is 11.3 Å². The Balaban J connectivity index is 2.30. The van der Waals surface area contributed by atoms with Gasteiger partial charge < -0.3 is 5.73 Å². The number of hydrogen-bond acceptors (Lipinski definition) is 3. The van der Waals surface area contributed by atoms with Gasteiger partial charge in [0.15, 0.2) is 0 Å². The Morgan fingerprint density at radius 1 is 1.47 bits per heavy atom. The van der Waals surface area contributed by atoms with Crippen LogP contribution in [-0.2, 0) is 6.42 Å². The van der Waals surface area contributed by atoms with Crippen molar-refractivity contribution in [3.8, 4) is 0 Å². The number of aromatic nitrogens is 1. The van der Waals surface area contributed by atoms with Gasteiger partial charge in [-0.2, -0.15) is 0 Å². The third kappa shape index (κ3) is 2.36. The fourth-order valence-corrected chi connectivity index (χ4v) is 2.69. The quantitative estimate of drug-likeness (QED) is 0.863. The van der Waals surface area contributed by atoms with Gasteiger partial charge in [-0.3, -0.25) is 0 Å². The van der Waals surface area contributed by atoms with Crippen molar-refractivity contribution in [3.63, 3.8) is 0 Å². The van der Waals surface area contributed by atoms with Gasteiger partial charge in [0.05, 0.1) is 15.2 Å². The van der Waals surface area contributed by atoms with Gasteiger partial charge in [-0.25, -0.2) is 4.98 Å². The normalized spacial score (nSPS) is 13.3. The van der Waals surface area contributed by atoms with Gasteiger partial charge in [0.2, 0.25) is 0 Å². The molecule has 0 saturated carbocycles. The van der Waals surface area contributed by atoms with Crippen molar-refractivity contribution in [2.45, 2.75) is 32.7 Å².